The first kappa shape index (κ1) is 14.7. The van der Waals surface area contributed by atoms with Gasteiger partial charge in [-0.3, -0.25) is 4.79 Å². The molecule has 0 aromatic heterocycles. The molecule has 0 saturated carbocycles. The number of ether oxygens (including phenoxy) is 1. The Labute approximate surface area is 125 Å². The molecule has 0 aliphatic heterocycles. The predicted octanol–water partition coefficient (Wildman–Crippen LogP) is 4.30. The van der Waals surface area contributed by atoms with Crippen LogP contribution in [0.5, 0.6) is 5.75 Å². The maximum absolute atomic E-state index is 14.0. The van der Waals surface area contributed by atoms with Gasteiger partial charge in [0.15, 0.2) is 11.6 Å². The largest absolute Gasteiger partial charge is 0.485 e. The van der Waals surface area contributed by atoms with Crippen LogP contribution in [0.25, 0.3) is 0 Å². The Balaban J connectivity index is 2.14. The Morgan fingerprint density at radius 2 is 1.90 bits per heavy atom. The van der Waals surface area contributed by atoms with E-state index in [2.05, 4.69) is 15.9 Å². The maximum Gasteiger partial charge on any atom is 0.169 e. The molecule has 0 heterocycles. The number of hydrogen-bond donors (Lipinski definition) is 0. The topological polar surface area (TPSA) is 26.3 Å². The number of benzene rings is 2. The van der Waals surface area contributed by atoms with Crippen LogP contribution in [0, 0.1) is 5.82 Å². The van der Waals surface area contributed by atoms with Crippen molar-refractivity contribution >= 4 is 21.7 Å². The zero-order chi connectivity index (χ0) is 14.5. The third kappa shape index (κ3) is 3.90. The summed E-state index contributed by atoms with van der Waals surface area (Å²) < 4.78 is 20.0. The highest BCUT2D eigenvalue weighted by atomic mass is 79.9. The van der Waals surface area contributed by atoms with Crippen LogP contribution in [0.2, 0.25) is 0 Å². The molecule has 104 valence electrons. The molecule has 0 aliphatic carbocycles. The van der Waals surface area contributed by atoms with Gasteiger partial charge >= 0.3 is 0 Å². The van der Waals surface area contributed by atoms with Crippen LogP contribution < -0.4 is 4.74 Å². The summed E-state index contributed by atoms with van der Waals surface area (Å²) in [5, 5.41) is 0. The van der Waals surface area contributed by atoms with E-state index in [1.807, 2.05) is 30.3 Å². The van der Waals surface area contributed by atoms with E-state index < -0.39 is 5.82 Å². The van der Waals surface area contributed by atoms with Gasteiger partial charge in [-0.15, -0.1) is 0 Å². The monoisotopic (exact) mass is 336 g/mol. The molecule has 20 heavy (non-hydrogen) atoms. The summed E-state index contributed by atoms with van der Waals surface area (Å²) in [5.41, 5.74) is 1.60. The lowest BCUT2D eigenvalue weighted by molar-refractivity contribution is -0.116. The van der Waals surface area contributed by atoms with Crippen molar-refractivity contribution in [1.82, 2.24) is 0 Å². The highest BCUT2D eigenvalue weighted by Crippen LogP contribution is 2.30. The second-order valence-electron chi connectivity index (χ2n) is 4.54. The molecule has 2 nitrogen and oxygen atoms in total. The number of carbonyl (C=O) groups excluding carboxylic acids is 1. The first-order chi connectivity index (χ1) is 9.56. The van der Waals surface area contributed by atoms with Gasteiger partial charge in [0, 0.05) is 6.42 Å². The van der Waals surface area contributed by atoms with Gasteiger partial charge in [-0.2, -0.15) is 0 Å². The molecule has 4 heteroatoms. The fraction of sp³-hybridized carbons (Fsp3) is 0.188. The highest BCUT2D eigenvalue weighted by molar-refractivity contribution is 9.10. The summed E-state index contributed by atoms with van der Waals surface area (Å²) in [4.78, 5) is 11.1. The molecule has 0 radical (unpaired) electrons. The van der Waals surface area contributed by atoms with Crippen molar-refractivity contribution in [2.75, 3.05) is 0 Å². The number of halogens is 2. The average molecular weight is 337 g/mol. The number of hydrogen-bond acceptors (Lipinski definition) is 2. The van der Waals surface area contributed by atoms with E-state index in [0.29, 0.717) is 16.6 Å². The Kier molecular flexibility index (Phi) is 4.90. The van der Waals surface area contributed by atoms with Gasteiger partial charge < -0.3 is 4.74 Å². The van der Waals surface area contributed by atoms with Gasteiger partial charge in [0.25, 0.3) is 0 Å². The molecule has 0 N–H and O–H groups in total. The molecule has 0 unspecified atom stereocenters. The van der Waals surface area contributed by atoms with Crippen molar-refractivity contribution in [2.24, 2.45) is 0 Å². The molecule has 0 atom stereocenters. The molecule has 0 spiro atoms. The first-order valence-corrected chi connectivity index (χ1v) is 6.99. The van der Waals surface area contributed by atoms with Gasteiger partial charge in [0.2, 0.25) is 0 Å². The fourth-order valence-electron chi connectivity index (χ4n) is 1.87. The minimum Gasteiger partial charge on any atom is -0.485 e. The molecule has 2 aromatic carbocycles. The number of ketones is 1. The molecule has 2 aromatic rings. The van der Waals surface area contributed by atoms with Gasteiger partial charge in [-0.05, 0) is 46.1 Å². The van der Waals surface area contributed by atoms with Crippen LogP contribution in [0.15, 0.2) is 46.9 Å². The summed E-state index contributed by atoms with van der Waals surface area (Å²) in [5.74, 6) is -0.304. The molecular weight excluding hydrogens is 323 g/mol. The van der Waals surface area contributed by atoms with Crippen molar-refractivity contribution in [3.63, 3.8) is 0 Å². The lowest BCUT2D eigenvalue weighted by Crippen LogP contribution is -2.01. The van der Waals surface area contributed by atoms with E-state index in [0.717, 1.165) is 5.56 Å². The lowest BCUT2D eigenvalue weighted by Gasteiger charge is -2.11. The summed E-state index contributed by atoms with van der Waals surface area (Å²) >= 11 is 3.29. The minimum absolute atomic E-state index is 0.00532. The second kappa shape index (κ2) is 6.66. The summed E-state index contributed by atoms with van der Waals surface area (Å²) in [6, 6.07) is 12.6. The van der Waals surface area contributed by atoms with Crippen LogP contribution in [0.4, 0.5) is 4.39 Å². The van der Waals surface area contributed by atoms with Gasteiger partial charge in [0.1, 0.15) is 12.4 Å². The van der Waals surface area contributed by atoms with E-state index >= 15 is 0 Å². The average Bonchev–Trinajstić information content (AvgIpc) is 2.38. The molecule has 0 saturated heterocycles. The fourth-order valence-corrected chi connectivity index (χ4v) is 2.47. The molecule has 0 fully saturated rings. The Morgan fingerprint density at radius 3 is 2.50 bits per heavy atom. The van der Waals surface area contributed by atoms with Crippen molar-refractivity contribution in [3.8, 4) is 5.75 Å². The normalized spacial score (nSPS) is 10.3. The van der Waals surface area contributed by atoms with Crippen molar-refractivity contribution in [2.45, 2.75) is 20.0 Å². The Morgan fingerprint density at radius 1 is 1.20 bits per heavy atom. The number of carbonyl (C=O) groups is 1. The van der Waals surface area contributed by atoms with Crippen LogP contribution in [-0.4, -0.2) is 5.78 Å². The minimum atomic E-state index is -0.466. The number of rotatable bonds is 5. The molecule has 0 amide bonds. The lowest BCUT2D eigenvalue weighted by atomic mass is 10.1. The zero-order valence-electron chi connectivity index (χ0n) is 11.0. The summed E-state index contributed by atoms with van der Waals surface area (Å²) in [6.07, 6.45) is 0.217. The van der Waals surface area contributed by atoms with Crippen LogP contribution in [0.1, 0.15) is 18.1 Å². The van der Waals surface area contributed by atoms with E-state index in [9.17, 15) is 9.18 Å². The molecule has 2 rings (SSSR count). The summed E-state index contributed by atoms with van der Waals surface area (Å²) in [6.45, 7) is 1.77. The zero-order valence-corrected chi connectivity index (χ0v) is 12.6. The highest BCUT2D eigenvalue weighted by Gasteiger charge is 2.12. The van der Waals surface area contributed by atoms with E-state index in [1.54, 1.807) is 6.07 Å². The predicted molar refractivity (Wildman–Crippen MR) is 79.3 cm³/mol. The molecular formula is C16H14BrFO2. The SMILES string of the molecule is CC(=O)Cc1cc(F)c(OCc2ccccc2)c(Br)c1. The van der Waals surface area contributed by atoms with E-state index in [-0.39, 0.29) is 18.0 Å². The van der Waals surface area contributed by atoms with Crippen molar-refractivity contribution in [3.05, 3.63) is 63.9 Å². The third-order valence-electron chi connectivity index (χ3n) is 2.74. The summed E-state index contributed by atoms with van der Waals surface area (Å²) in [7, 11) is 0. The van der Waals surface area contributed by atoms with Gasteiger partial charge in [-0.1, -0.05) is 30.3 Å². The van der Waals surface area contributed by atoms with Crippen molar-refractivity contribution < 1.29 is 13.9 Å². The standard InChI is InChI=1S/C16H14BrFO2/c1-11(19)7-13-8-14(17)16(15(18)9-13)20-10-12-5-3-2-4-6-12/h2-6,8-9H,7,10H2,1H3. The number of Topliss-reactive ketones (excluding diaryl/α,β-unsaturated/α-hetero) is 1. The van der Waals surface area contributed by atoms with Gasteiger partial charge in [-0.25, -0.2) is 4.39 Å². The van der Waals surface area contributed by atoms with Gasteiger partial charge in [0.05, 0.1) is 4.47 Å². The van der Waals surface area contributed by atoms with Crippen LogP contribution in [-0.2, 0) is 17.8 Å². The first-order valence-electron chi connectivity index (χ1n) is 6.20. The van der Waals surface area contributed by atoms with Crippen molar-refractivity contribution in [1.29, 1.82) is 0 Å². The maximum atomic E-state index is 14.0. The molecule has 0 aliphatic rings. The van der Waals surface area contributed by atoms with E-state index in [4.69, 9.17) is 4.74 Å². The molecule has 0 bridgehead atoms. The van der Waals surface area contributed by atoms with Crippen LogP contribution in [0.3, 0.4) is 0 Å². The van der Waals surface area contributed by atoms with Crippen LogP contribution >= 0.6 is 15.9 Å². The Bertz CT molecular complexity index is 588. The third-order valence-corrected chi connectivity index (χ3v) is 3.33. The van der Waals surface area contributed by atoms with E-state index in [1.165, 1.54) is 13.0 Å². The second-order valence-corrected chi connectivity index (χ2v) is 5.40. The smallest absolute Gasteiger partial charge is 0.169 e. The quantitative estimate of drug-likeness (QED) is 0.813. The Hall–Kier alpha value is -1.68.